The summed E-state index contributed by atoms with van der Waals surface area (Å²) in [6.07, 6.45) is 3.65. The fourth-order valence-electron chi connectivity index (χ4n) is 2.65. The van der Waals surface area contributed by atoms with Crippen LogP contribution in [0.4, 0.5) is 0 Å². The fraction of sp³-hybridized carbons (Fsp3) is 0.778. The topological polar surface area (TPSA) is 62.4 Å². The Bertz CT molecular complexity index is 331. The van der Waals surface area contributed by atoms with Crippen LogP contribution >= 0.6 is 0 Å². The summed E-state index contributed by atoms with van der Waals surface area (Å²) < 4.78 is 4.53. The van der Waals surface area contributed by atoms with E-state index in [2.05, 4.69) is 19.8 Å². The molecule has 14 heavy (non-hydrogen) atoms. The van der Waals surface area contributed by atoms with E-state index in [1.807, 2.05) is 0 Å². The summed E-state index contributed by atoms with van der Waals surface area (Å²) >= 11 is 0. The highest BCUT2D eigenvalue weighted by atomic mass is 16.6. The van der Waals surface area contributed by atoms with Crippen LogP contribution in [0.25, 0.3) is 0 Å². The van der Waals surface area contributed by atoms with E-state index in [1.165, 1.54) is 12.8 Å². The van der Waals surface area contributed by atoms with Crippen molar-refractivity contribution in [2.24, 2.45) is 5.92 Å². The number of aromatic hydroxyl groups is 1. The lowest BCUT2D eigenvalue weighted by Gasteiger charge is -2.44. The van der Waals surface area contributed by atoms with Crippen LogP contribution in [0.15, 0.2) is 4.63 Å². The minimum absolute atomic E-state index is 0.0393. The van der Waals surface area contributed by atoms with Gasteiger partial charge in [0, 0.05) is 0 Å². The standard InChI is InChI=1S/C9H13N3O2/c13-9-8(10-14-11-9)7-5-6-1-3-12(7)4-2-6/h6-7H,1-5H2,(H,11,13). The summed E-state index contributed by atoms with van der Waals surface area (Å²) in [5.74, 6) is 0.753. The Hall–Kier alpha value is -1.10. The van der Waals surface area contributed by atoms with Gasteiger partial charge in [0.15, 0.2) is 5.69 Å². The van der Waals surface area contributed by atoms with E-state index in [1.54, 1.807) is 0 Å². The Labute approximate surface area is 81.7 Å². The van der Waals surface area contributed by atoms with Gasteiger partial charge in [0.05, 0.1) is 6.04 Å². The molecule has 2 bridgehead atoms. The molecular formula is C9H13N3O2. The second-order valence-corrected chi connectivity index (χ2v) is 4.20. The molecule has 1 aromatic heterocycles. The van der Waals surface area contributed by atoms with E-state index in [4.69, 9.17) is 0 Å². The number of nitrogens with zero attached hydrogens (tertiary/aromatic N) is 3. The molecule has 3 saturated heterocycles. The average Bonchev–Trinajstić information content (AvgIpc) is 2.66. The average molecular weight is 195 g/mol. The van der Waals surface area contributed by atoms with E-state index in [0.717, 1.165) is 25.4 Å². The van der Waals surface area contributed by atoms with Crippen LogP contribution in [-0.2, 0) is 0 Å². The fourth-order valence-corrected chi connectivity index (χ4v) is 2.65. The van der Waals surface area contributed by atoms with Crippen LogP contribution in [0, 0.1) is 5.92 Å². The molecule has 3 fully saturated rings. The van der Waals surface area contributed by atoms with Crippen molar-refractivity contribution in [1.29, 1.82) is 0 Å². The molecule has 1 unspecified atom stereocenters. The Morgan fingerprint density at radius 1 is 1.29 bits per heavy atom. The summed E-state index contributed by atoms with van der Waals surface area (Å²) in [4.78, 5) is 2.36. The first-order chi connectivity index (χ1) is 6.84. The maximum Gasteiger partial charge on any atom is 0.278 e. The van der Waals surface area contributed by atoms with Gasteiger partial charge in [-0.05, 0) is 48.6 Å². The zero-order chi connectivity index (χ0) is 9.54. The molecule has 5 heteroatoms. The van der Waals surface area contributed by atoms with Crippen LogP contribution in [0.2, 0.25) is 0 Å². The van der Waals surface area contributed by atoms with Crippen LogP contribution < -0.4 is 0 Å². The first-order valence-corrected chi connectivity index (χ1v) is 5.10. The van der Waals surface area contributed by atoms with E-state index < -0.39 is 0 Å². The molecule has 4 heterocycles. The lowest BCUT2D eigenvalue weighted by molar-refractivity contribution is 0.0441. The van der Waals surface area contributed by atoms with Crippen molar-refractivity contribution in [2.75, 3.05) is 13.1 Å². The third kappa shape index (κ3) is 1.12. The molecule has 1 atom stereocenters. The summed E-state index contributed by atoms with van der Waals surface area (Å²) in [7, 11) is 0. The monoisotopic (exact) mass is 195 g/mol. The van der Waals surface area contributed by atoms with Crippen molar-refractivity contribution in [3.63, 3.8) is 0 Å². The van der Waals surface area contributed by atoms with Crippen molar-refractivity contribution in [3.05, 3.63) is 5.69 Å². The molecule has 0 aromatic carbocycles. The normalized spacial score (nSPS) is 36.1. The van der Waals surface area contributed by atoms with Crippen molar-refractivity contribution in [1.82, 2.24) is 15.2 Å². The van der Waals surface area contributed by atoms with Crippen LogP contribution in [-0.4, -0.2) is 33.4 Å². The van der Waals surface area contributed by atoms with Gasteiger partial charge in [-0.25, -0.2) is 4.63 Å². The highest BCUT2D eigenvalue weighted by Crippen LogP contribution is 2.41. The smallest absolute Gasteiger partial charge is 0.278 e. The first kappa shape index (κ1) is 8.23. The van der Waals surface area contributed by atoms with Crippen molar-refractivity contribution >= 4 is 0 Å². The van der Waals surface area contributed by atoms with Gasteiger partial charge < -0.3 is 5.11 Å². The second kappa shape index (κ2) is 2.95. The van der Waals surface area contributed by atoms with Gasteiger partial charge in [-0.15, -0.1) is 0 Å². The zero-order valence-corrected chi connectivity index (χ0v) is 7.89. The van der Waals surface area contributed by atoms with Crippen molar-refractivity contribution in [3.8, 4) is 5.88 Å². The molecule has 0 aliphatic carbocycles. The number of fused-ring (bicyclic) bond motifs is 3. The molecule has 1 aromatic rings. The number of rotatable bonds is 1. The highest BCUT2D eigenvalue weighted by Gasteiger charge is 2.37. The maximum atomic E-state index is 9.44. The SMILES string of the molecule is Oc1nonc1C1CC2CCN1CC2. The summed E-state index contributed by atoms with van der Waals surface area (Å²) in [6, 6.07) is 0.230. The number of piperidine rings is 3. The Morgan fingerprint density at radius 3 is 2.57 bits per heavy atom. The van der Waals surface area contributed by atoms with Gasteiger partial charge in [-0.3, -0.25) is 4.90 Å². The van der Waals surface area contributed by atoms with Crippen LogP contribution in [0.3, 0.4) is 0 Å². The van der Waals surface area contributed by atoms with Gasteiger partial charge in [-0.1, -0.05) is 0 Å². The number of hydrogen-bond donors (Lipinski definition) is 1. The number of hydrogen-bond acceptors (Lipinski definition) is 5. The van der Waals surface area contributed by atoms with E-state index in [-0.39, 0.29) is 11.9 Å². The molecule has 1 N–H and O–H groups in total. The Balaban J connectivity index is 1.89. The third-order valence-electron chi connectivity index (χ3n) is 3.46. The quantitative estimate of drug-likeness (QED) is 0.722. The van der Waals surface area contributed by atoms with E-state index in [0.29, 0.717) is 5.69 Å². The Morgan fingerprint density at radius 2 is 2.07 bits per heavy atom. The molecule has 0 spiro atoms. The predicted molar refractivity (Wildman–Crippen MR) is 47.6 cm³/mol. The molecule has 76 valence electrons. The van der Waals surface area contributed by atoms with Gasteiger partial charge in [-0.2, -0.15) is 0 Å². The van der Waals surface area contributed by atoms with Crippen LogP contribution in [0.5, 0.6) is 5.88 Å². The summed E-state index contributed by atoms with van der Waals surface area (Å²) in [5.41, 5.74) is 0.620. The molecule has 3 aliphatic heterocycles. The Kier molecular flexibility index (Phi) is 1.73. The van der Waals surface area contributed by atoms with Gasteiger partial charge in [0.1, 0.15) is 0 Å². The molecular weight excluding hydrogens is 182 g/mol. The molecule has 3 aliphatic rings. The number of aromatic nitrogens is 2. The maximum absolute atomic E-state index is 9.44. The van der Waals surface area contributed by atoms with Crippen LogP contribution in [0.1, 0.15) is 31.0 Å². The van der Waals surface area contributed by atoms with Gasteiger partial charge in [0.25, 0.3) is 5.88 Å². The molecule has 5 nitrogen and oxygen atoms in total. The van der Waals surface area contributed by atoms with Gasteiger partial charge in [0.2, 0.25) is 0 Å². The molecule has 4 rings (SSSR count). The largest absolute Gasteiger partial charge is 0.490 e. The van der Waals surface area contributed by atoms with E-state index >= 15 is 0 Å². The minimum Gasteiger partial charge on any atom is -0.490 e. The molecule has 0 radical (unpaired) electrons. The second-order valence-electron chi connectivity index (χ2n) is 4.20. The summed E-state index contributed by atoms with van der Waals surface area (Å²) in [5, 5.41) is 16.6. The van der Waals surface area contributed by atoms with Gasteiger partial charge >= 0.3 is 0 Å². The van der Waals surface area contributed by atoms with E-state index in [9.17, 15) is 5.11 Å². The first-order valence-electron chi connectivity index (χ1n) is 5.10. The van der Waals surface area contributed by atoms with Crippen molar-refractivity contribution in [2.45, 2.75) is 25.3 Å². The third-order valence-corrected chi connectivity index (χ3v) is 3.46. The molecule has 0 amide bonds. The van der Waals surface area contributed by atoms with Crippen molar-refractivity contribution < 1.29 is 9.74 Å². The lowest BCUT2D eigenvalue weighted by atomic mass is 9.82. The minimum atomic E-state index is -0.0393. The summed E-state index contributed by atoms with van der Waals surface area (Å²) in [6.45, 7) is 2.23. The highest BCUT2D eigenvalue weighted by molar-refractivity contribution is 5.18. The predicted octanol–water partition coefficient (Wildman–Crippen LogP) is 0.932. The zero-order valence-electron chi connectivity index (χ0n) is 7.89. The lowest BCUT2D eigenvalue weighted by Crippen LogP contribution is -2.43. The molecule has 0 saturated carbocycles.